The molecule has 1 N–H and O–H groups in total. The second-order valence-corrected chi connectivity index (χ2v) is 9.55. The van der Waals surface area contributed by atoms with Gasteiger partial charge in [-0.05, 0) is 84.6 Å². The Morgan fingerprint density at radius 3 is 2.34 bits per heavy atom. The van der Waals surface area contributed by atoms with E-state index in [0.29, 0.717) is 25.3 Å². The molecule has 0 bridgehead atoms. The van der Waals surface area contributed by atoms with E-state index in [1.54, 1.807) is 0 Å². The summed E-state index contributed by atoms with van der Waals surface area (Å²) >= 11 is 3.53. The number of rotatable bonds is 9. The zero-order valence-corrected chi connectivity index (χ0v) is 21.8. The van der Waals surface area contributed by atoms with E-state index in [1.807, 2.05) is 56.6 Å². The van der Waals surface area contributed by atoms with Gasteiger partial charge in [0.25, 0.3) is 6.01 Å². The fourth-order valence-electron chi connectivity index (χ4n) is 4.64. The van der Waals surface area contributed by atoms with E-state index in [2.05, 4.69) is 47.8 Å². The van der Waals surface area contributed by atoms with Crippen LogP contribution in [0.5, 0.6) is 11.5 Å². The Labute approximate surface area is 214 Å². The zero-order valence-electron chi connectivity index (χ0n) is 20.2. The molecule has 1 aliphatic rings. The third-order valence-corrected chi connectivity index (χ3v) is 6.87. The number of nitrogens with zero attached hydrogens (tertiary/aromatic N) is 3. The molecule has 8 heteroatoms. The lowest BCUT2D eigenvalue weighted by Crippen LogP contribution is -2.38. The third-order valence-electron chi connectivity index (χ3n) is 6.25. The highest BCUT2D eigenvalue weighted by atomic mass is 79.9. The first-order valence-electron chi connectivity index (χ1n) is 12.2. The Balaban J connectivity index is 1.26. The predicted octanol–water partition coefficient (Wildman–Crippen LogP) is 6.25. The van der Waals surface area contributed by atoms with Gasteiger partial charge in [-0.1, -0.05) is 6.07 Å². The number of hydrogen-bond acceptors (Lipinski definition) is 6. The molecule has 1 aliphatic heterocycles. The van der Waals surface area contributed by atoms with E-state index < -0.39 is 0 Å². The molecule has 1 saturated heterocycles. The summed E-state index contributed by atoms with van der Waals surface area (Å²) in [5, 5.41) is 3.49. The van der Waals surface area contributed by atoms with Crippen LogP contribution in [0.25, 0.3) is 16.8 Å². The lowest BCUT2D eigenvalue weighted by molar-refractivity contribution is 0.209. The number of likely N-dealkylation sites (tertiary alicyclic amines) is 1. The number of anilines is 1. The fraction of sp³-hybridized carbons (Fsp3) is 0.370. The Kier molecular flexibility index (Phi) is 7.29. The molecule has 0 unspecified atom stereocenters. The minimum Gasteiger partial charge on any atom is -0.492 e. The molecule has 1 fully saturated rings. The summed E-state index contributed by atoms with van der Waals surface area (Å²) in [6.45, 7) is 8.08. The molecule has 0 spiro atoms. The van der Waals surface area contributed by atoms with Crippen LogP contribution >= 0.6 is 15.9 Å². The highest BCUT2D eigenvalue weighted by molar-refractivity contribution is 9.10. The highest BCUT2D eigenvalue weighted by Crippen LogP contribution is 2.36. The van der Waals surface area contributed by atoms with Crippen molar-refractivity contribution in [2.24, 2.45) is 0 Å². The molecular formula is C27H31BrN4O3. The van der Waals surface area contributed by atoms with Crippen LogP contribution in [0.3, 0.4) is 0 Å². The van der Waals surface area contributed by atoms with Crippen LogP contribution < -0.4 is 14.8 Å². The number of piperidine rings is 1. The van der Waals surface area contributed by atoms with Gasteiger partial charge in [0.2, 0.25) is 0 Å². The molecule has 0 aliphatic carbocycles. The van der Waals surface area contributed by atoms with Crippen molar-refractivity contribution in [2.75, 3.05) is 31.6 Å². The molecule has 2 aromatic heterocycles. The smallest absolute Gasteiger partial charge is 0.295 e. The summed E-state index contributed by atoms with van der Waals surface area (Å²) in [5.74, 6) is 1.70. The van der Waals surface area contributed by atoms with Crippen molar-refractivity contribution in [2.45, 2.75) is 39.3 Å². The largest absolute Gasteiger partial charge is 0.492 e. The number of para-hydroxylation sites is 1. The van der Waals surface area contributed by atoms with Crippen molar-refractivity contribution in [1.82, 2.24) is 14.5 Å². The summed E-state index contributed by atoms with van der Waals surface area (Å²) in [4.78, 5) is 7.07. The average molecular weight is 539 g/mol. The first kappa shape index (κ1) is 23.8. The van der Waals surface area contributed by atoms with Crippen LogP contribution in [-0.4, -0.2) is 46.8 Å². The number of oxazole rings is 1. The van der Waals surface area contributed by atoms with Crippen LogP contribution in [0.15, 0.2) is 63.7 Å². The minimum absolute atomic E-state index is 0.340. The second kappa shape index (κ2) is 10.7. The van der Waals surface area contributed by atoms with Gasteiger partial charge in [-0.15, -0.1) is 0 Å². The lowest BCUT2D eigenvalue weighted by Gasteiger charge is -2.32. The van der Waals surface area contributed by atoms with Gasteiger partial charge >= 0.3 is 0 Å². The fourth-order valence-corrected chi connectivity index (χ4v) is 5.08. The molecule has 0 atom stereocenters. The molecule has 5 rings (SSSR count). The Bertz CT molecular complexity index is 1240. The molecule has 3 heterocycles. The van der Waals surface area contributed by atoms with Crippen LogP contribution in [0.2, 0.25) is 0 Å². The Hall–Kier alpha value is -2.97. The first-order chi connectivity index (χ1) is 17.1. The molecule has 0 amide bonds. The standard InChI is InChI=1S/C27H31BrN4O3/c1-3-33-23-16-19(17-24(34-4-2)25(23)32-12-5-6-13-32)18-31-14-10-20(11-15-31)29-27-30-22-9-7-8-21(28)26(22)35-27/h5-9,12-13,16-17,20H,3-4,10-11,14-15,18H2,1-2H3,(H,29,30). The summed E-state index contributed by atoms with van der Waals surface area (Å²) in [7, 11) is 0. The maximum absolute atomic E-state index is 6.04. The SMILES string of the molecule is CCOc1cc(CN2CCC(Nc3nc4cccc(Br)c4o3)CC2)cc(OCC)c1-n1cccc1. The van der Waals surface area contributed by atoms with Crippen LogP contribution in [0, 0.1) is 0 Å². The van der Waals surface area contributed by atoms with Crippen molar-refractivity contribution in [3.8, 4) is 17.2 Å². The predicted molar refractivity (Wildman–Crippen MR) is 142 cm³/mol. The molecular weight excluding hydrogens is 508 g/mol. The van der Waals surface area contributed by atoms with Gasteiger partial charge in [-0.3, -0.25) is 4.90 Å². The zero-order chi connectivity index (χ0) is 24.2. The number of hydrogen-bond donors (Lipinski definition) is 1. The Morgan fingerprint density at radius 2 is 1.71 bits per heavy atom. The number of benzene rings is 2. The van der Waals surface area contributed by atoms with Crippen LogP contribution in [0.1, 0.15) is 32.3 Å². The minimum atomic E-state index is 0.340. The topological polar surface area (TPSA) is 64.7 Å². The quantitative estimate of drug-likeness (QED) is 0.271. The normalized spacial score (nSPS) is 14.9. The molecule has 0 radical (unpaired) electrons. The Morgan fingerprint density at radius 1 is 1.03 bits per heavy atom. The van der Waals surface area contributed by atoms with Crippen molar-refractivity contribution in [1.29, 1.82) is 0 Å². The van der Waals surface area contributed by atoms with E-state index >= 15 is 0 Å². The molecule has 184 valence electrons. The number of aromatic nitrogens is 2. The third kappa shape index (κ3) is 5.33. The second-order valence-electron chi connectivity index (χ2n) is 8.70. The molecule has 0 saturated carbocycles. The first-order valence-corrected chi connectivity index (χ1v) is 13.0. The lowest BCUT2D eigenvalue weighted by atomic mass is 10.0. The van der Waals surface area contributed by atoms with Crippen LogP contribution in [0.4, 0.5) is 6.01 Å². The number of nitrogens with one attached hydrogen (secondary N) is 1. The van der Waals surface area contributed by atoms with Gasteiger partial charge in [0.15, 0.2) is 5.58 Å². The average Bonchev–Trinajstić information content (AvgIpc) is 3.52. The van der Waals surface area contributed by atoms with E-state index in [4.69, 9.17) is 13.9 Å². The van der Waals surface area contributed by atoms with Gasteiger partial charge in [-0.2, -0.15) is 4.98 Å². The number of halogens is 1. The molecule has 7 nitrogen and oxygen atoms in total. The van der Waals surface area contributed by atoms with E-state index in [9.17, 15) is 0 Å². The van der Waals surface area contributed by atoms with E-state index in [-0.39, 0.29) is 0 Å². The van der Waals surface area contributed by atoms with E-state index in [0.717, 1.165) is 65.2 Å². The maximum Gasteiger partial charge on any atom is 0.295 e. The number of ether oxygens (including phenoxy) is 2. The van der Waals surface area contributed by atoms with Gasteiger partial charge in [-0.25, -0.2) is 0 Å². The summed E-state index contributed by atoms with van der Waals surface area (Å²) in [6, 6.07) is 15.2. The monoisotopic (exact) mass is 538 g/mol. The molecule has 4 aromatic rings. The van der Waals surface area contributed by atoms with Crippen LogP contribution in [-0.2, 0) is 6.54 Å². The van der Waals surface area contributed by atoms with Crippen molar-refractivity contribution < 1.29 is 13.9 Å². The van der Waals surface area contributed by atoms with Gasteiger partial charge in [0.05, 0.1) is 17.7 Å². The number of fused-ring (bicyclic) bond motifs is 1. The van der Waals surface area contributed by atoms with Crippen molar-refractivity contribution >= 4 is 33.0 Å². The van der Waals surface area contributed by atoms with Crippen molar-refractivity contribution in [3.05, 3.63) is 64.9 Å². The van der Waals surface area contributed by atoms with Crippen molar-refractivity contribution in [3.63, 3.8) is 0 Å². The van der Waals surface area contributed by atoms with Gasteiger partial charge < -0.3 is 23.8 Å². The molecule has 2 aromatic carbocycles. The summed E-state index contributed by atoms with van der Waals surface area (Å²) < 4.78 is 21.0. The highest BCUT2D eigenvalue weighted by Gasteiger charge is 2.22. The van der Waals surface area contributed by atoms with Gasteiger partial charge in [0, 0.05) is 38.1 Å². The molecule has 35 heavy (non-hydrogen) atoms. The summed E-state index contributed by atoms with van der Waals surface area (Å²) in [6.07, 6.45) is 6.09. The maximum atomic E-state index is 6.04. The summed E-state index contributed by atoms with van der Waals surface area (Å²) in [5.41, 5.74) is 3.79. The van der Waals surface area contributed by atoms with E-state index in [1.165, 1.54) is 5.56 Å². The van der Waals surface area contributed by atoms with Gasteiger partial charge in [0.1, 0.15) is 22.7 Å².